The number of ether oxygens (including phenoxy) is 1. The van der Waals surface area contributed by atoms with Crippen molar-refractivity contribution in [1.29, 1.82) is 0 Å². The van der Waals surface area contributed by atoms with Gasteiger partial charge in [-0.2, -0.15) is 0 Å². The van der Waals surface area contributed by atoms with Gasteiger partial charge in [0.25, 0.3) is 0 Å². The monoisotopic (exact) mass is 268 g/mol. The lowest BCUT2D eigenvalue weighted by Crippen LogP contribution is -2.45. The van der Waals surface area contributed by atoms with E-state index in [2.05, 4.69) is 18.7 Å². The minimum atomic E-state index is -0.222. The zero-order valence-electron chi connectivity index (χ0n) is 12.3. The predicted molar refractivity (Wildman–Crippen MR) is 76.5 cm³/mol. The molecule has 0 amide bonds. The van der Waals surface area contributed by atoms with Crippen molar-refractivity contribution in [3.05, 3.63) is 35.6 Å². The summed E-state index contributed by atoms with van der Waals surface area (Å²) >= 11 is 0. The smallest absolute Gasteiger partial charge is 0.123 e. The van der Waals surface area contributed by atoms with Crippen molar-refractivity contribution in [3.8, 4) is 0 Å². The van der Waals surface area contributed by atoms with E-state index in [1.807, 2.05) is 19.1 Å². The highest BCUT2D eigenvalue weighted by atomic mass is 19.1. The number of methoxy groups -OCH3 is 1. The van der Waals surface area contributed by atoms with Gasteiger partial charge in [0.2, 0.25) is 0 Å². The Morgan fingerprint density at radius 1 is 1.26 bits per heavy atom. The second-order valence-corrected chi connectivity index (χ2v) is 4.99. The average Bonchev–Trinajstić information content (AvgIpc) is 2.37. The summed E-state index contributed by atoms with van der Waals surface area (Å²) in [5.41, 5.74) is 7.18. The van der Waals surface area contributed by atoms with Gasteiger partial charge >= 0.3 is 0 Å². The van der Waals surface area contributed by atoms with Gasteiger partial charge in [-0.1, -0.05) is 19.1 Å². The molecule has 19 heavy (non-hydrogen) atoms. The predicted octanol–water partition coefficient (Wildman–Crippen LogP) is 2.57. The molecule has 0 aliphatic rings. The highest BCUT2D eigenvalue weighted by molar-refractivity contribution is 5.21. The van der Waals surface area contributed by atoms with Crippen LogP contribution in [0.2, 0.25) is 0 Å². The van der Waals surface area contributed by atoms with Crippen LogP contribution in [0.4, 0.5) is 4.39 Å². The molecule has 1 rings (SSSR count). The summed E-state index contributed by atoms with van der Waals surface area (Å²) in [5.74, 6) is -0.222. The molecule has 2 N–H and O–H groups in total. The molecule has 0 heterocycles. The number of likely N-dealkylation sites (N-methyl/N-ethyl adjacent to an activating group) is 1. The molecule has 0 aliphatic heterocycles. The molecule has 3 nitrogen and oxygen atoms in total. The highest BCUT2D eigenvalue weighted by Crippen LogP contribution is 2.25. The first-order valence-corrected chi connectivity index (χ1v) is 6.77. The fourth-order valence-corrected chi connectivity index (χ4v) is 2.58. The van der Waals surface area contributed by atoms with E-state index >= 15 is 0 Å². The van der Waals surface area contributed by atoms with E-state index in [0.717, 1.165) is 12.1 Å². The number of nitrogens with two attached hydrogens (primary N) is 1. The van der Waals surface area contributed by atoms with E-state index in [4.69, 9.17) is 10.5 Å². The van der Waals surface area contributed by atoms with Crippen LogP contribution in [0.1, 0.15) is 32.4 Å². The number of benzene rings is 1. The van der Waals surface area contributed by atoms with Gasteiger partial charge in [-0.05, 0) is 38.1 Å². The Labute approximate surface area is 115 Å². The molecule has 3 atom stereocenters. The quantitative estimate of drug-likeness (QED) is 0.826. The summed E-state index contributed by atoms with van der Waals surface area (Å²) in [7, 11) is 1.70. The first-order chi connectivity index (χ1) is 9.01. The van der Waals surface area contributed by atoms with Gasteiger partial charge in [0.1, 0.15) is 5.82 Å². The number of halogens is 1. The van der Waals surface area contributed by atoms with Crippen LogP contribution in [0.25, 0.3) is 0 Å². The summed E-state index contributed by atoms with van der Waals surface area (Å²) in [6.45, 7) is 7.72. The van der Waals surface area contributed by atoms with Gasteiger partial charge in [-0.25, -0.2) is 4.39 Å². The molecule has 0 radical (unpaired) electrons. The molecule has 0 bridgehead atoms. The van der Waals surface area contributed by atoms with Gasteiger partial charge in [0, 0.05) is 25.2 Å². The molecule has 1 aromatic carbocycles. The van der Waals surface area contributed by atoms with Crippen LogP contribution >= 0.6 is 0 Å². The average molecular weight is 268 g/mol. The van der Waals surface area contributed by atoms with Gasteiger partial charge in [0.15, 0.2) is 0 Å². The van der Waals surface area contributed by atoms with Crippen LogP contribution in [0.15, 0.2) is 24.3 Å². The van der Waals surface area contributed by atoms with Crippen LogP contribution in [-0.4, -0.2) is 37.2 Å². The molecule has 4 heteroatoms. The SMILES string of the molecule is CCN(C(C)COC)C(c1ccc(F)cc1)C(C)N. The molecule has 108 valence electrons. The fourth-order valence-electron chi connectivity index (χ4n) is 2.58. The van der Waals surface area contributed by atoms with Crippen molar-refractivity contribution in [1.82, 2.24) is 4.90 Å². The van der Waals surface area contributed by atoms with Crippen LogP contribution in [-0.2, 0) is 4.74 Å². The second-order valence-electron chi connectivity index (χ2n) is 4.99. The molecule has 0 aliphatic carbocycles. The van der Waals surface area contributed by atoms with Gasteiger partial charge in [0.05, 0.1) is 6.61 Å². The summed E-state index contributed by atoms with van der Waals surface area (Å²) in [5, 5.41) is 0. The number of rotatable bonds is 7. The third kappa shape index (κ3) is 4.27. The lowest BCUT2D eigenvalue weighted by molar-refractivity contribution is 0.0654. The summed E-state index contributed by atoms with van der Waals surface area (Å²) in [4.78, 5) is 2.29. The lowest BCUT2D eigenvalue weighted by Gasteiger charge is -2.38. The molecule has 0 fully saturated rings. The largest absolute Gasteiger partial charge is 0.383 e. The maximum atomic E-state index is 13.0. The van der Waals surface area contributed by atoms with Crippen LogP contribution in [0.3, 0.4) is 0 Å². The van der Waals surface area contributed by atoms with Crippen LogP contribution < -0.4 is 5.73 Å². The summed E-state index contributed by atoms with van der Waals surface area (Å²) in [6.07, 6.45) is 0. The molecule has 1 aromatic rings. The molecule has 3 unspecified atom stereocenters. The summed E-state index contributed by atoms with van der Waals surface area (Å²) in [6, 6.07) is 6.88. The van der Waals surface area contributed by atoms with Crippen LogP contribution in [0.5, 0.6) is 0 Å². The first kappa shape index (κ1) is 16.1. The highest BCUT2D eigenvalue weighted by Gasteiger charge is 2.26. The van der Waals surface area contributed by atoms with Crippen molar-refractivity contribution < 1.29 is 9.13 Å². The Balaban J connectivity index is 3.00. The molecular weight excluding hydrogens is 243 g/mol. The van der Waals surface area contributed by atoms with E-state index in [0.29, 0.717) is 6.61 Å². The Morgan fingerprint density at radius 2 is 1.84 bits per heavy atom. The van der Waals surface area contributed by atoms with E-state index in [1.54, 1.807) is 7.11 Å². The topological polar surface area (TPSA) is 38.5 Å². The van der Waals surface area contributed by atoms with Crippen LogP contribution in [0, 0.1) is 5.82 Å². The number of hydrogen-bond donors (Lipinski definition) is 1. The van der Waals surface area contributed by atoms with Crippen molar-refractivity contribution >= 4 is 0 Å². The maximum absolute atomic E-state index is 13.0. The maximum Gasteiger partial charge on any atom is 0.123 e. The Hall–Kier alpha value is -0.970. The van der Waals surface area contributed by atoms with E-state index in [1.165, 1.54) is 12.1 Å². The van der Waals surface area contributed by atoms with E-state index in [9.17, 15) is 4.39 Å². The molecular formula is C15H25FN2O. The number of hydrogen-bond acceptors (Lipinski definition) is 3. The van der Waals surface area contributed by atoms with Gasteiger partial charge in [-0.15, -0.1) is 0 Å². The standard InChI is InChI=1S/C15H25FN2O/c1-5-18(11(2)10-19-4)15(12(3)17)13-6-8-14(16)9-7-13/h6-9,11-12,15H,5,10,17H2,1-4H3. The van der Waals surface area contributed by atoms with E-state index in [-0.39, 0.29) is 23.9 Å². The van der Waals surface area contributed by atoms with Crippen molar-refractivity contribution in [2.24, 2.45) is 5.73 Å². The minimum Gasteiger partial charge on any atom is -0.383 e. The molecule has 0 spiro atoms. The Bertz CT molecular complexity index is 367. The molecule has 0 saturated carbocycles. The van der Waals surface area contributed by atoms with Gasteiger partial charge < -0.3 is 10.5 Å². The second kappa shape index (κ2) is 7.58. The van der Waals surface area contributed by atoms with Gasteiger partial charge in [-0.3, -0.25) is 4.90 Å². The van der Waals surface area contributed by atoms with Crippen molar-refractivity contribution in [2.75, 3.05) is 20.3 Å². The van der Waals surface area contributed by atoms with E-state index < -0.39 is 0 Å². The molecule has 0 saturated heterocycles. The van der Waals surface area contributed by atoms with Crippen molar-refractivity contribution in [2.45, 2.75) is 38.9 Å². The number of nitrogens with zero attached hydrogens (tertiary/aromatic N) is 1. The molecule has 0 aromatic heterocycles. The van der Waals surface area contributed by atoms with Crippen molar-refractivity contribution in [3.63, 3.8) is 0 Å². The Kier molecular flexibility index (Phi) is 6.42. The summed E-state index contributed by atoms with van der Waals surface area (Å²) < 4.78 is 18.3. The fraction of sp³-hybridized carbons (Fsp3) is 0.600. The third-order valence-electron chi connectivity index (χ3n) is 3.41. The Morgan fingerprint density at radius 3 is 2.26 bits per heavy atom. The zero-order valence-corrected chi connectivity index (χ0v) is 12.3. The lowest BCUT2D eigenvalue weighted by atomic mass is 9.97. The minimum absolute atomic E-state index is 0.0373. The normalized spacial score (nSPS) is 16.4. The third-order valence-corrected chi connectivity index (χ3v) is 3.41. The first-order valence-electron chi connectivity index (χ1n) is 6.77. The zero-order chi connectivity index (χ0) is 14.4.